The van der Waals surface area contributed by atoms with Crippen LogP contribution in [-0.2, 0) is 10.2 Å². The van der Waals surface area contributed by atoms with Gasteiger partial charge in [0, 0.05) is 80.8 Å². The van der Waals surface area contributed by atoms with Crippen LogP contribution in [0, 0.1) is 11.3 Å². The molecule has 2 saturated heterocycles. The molecule has 12 heteroatoms. The Morgan fingerprint density at radius 1 is 1.26 bits per heavy atom. The van der Waals surface area contributed by atoms with E-state index in [-0.39, 0.29) is 17.9 Å². The van der Waals surface area contributed by atoms with Crippen molar-refractivity contribution in [2.24, 2.45) is 5.10 Å². The predicted molar refractivity (Wildman–Crippen MR) is 168 cm³/mol. The third kappa shape index (κ3) is 6.22. The zero-order valence-electron chi connectivity index (χ0n) is 24.5. The number of allylic oxidation sites excluding steroid dienone is 1. The molecule has 2 fully saturated rings. The van der Waals surface area contributed by atoms with Gasteiger partial charge in [0.05, 0.1) is 11.8 Å². The van der Waals surface area contributed by atoms with E-state index in [1.54, 1.807) is 27.5 Å². The number of nitrogens with one attached hydrogen (secondary N) is 1. The van der Waals surface area contributed by atoms with Gasteiger partial charge in [-0.3, -0.25) is 9.80 Å². The highest BCUT2D eigenvalue weighted by atomic mass is 32.2. The molecule has 42 heavy (non-hydrogen) atoms. The Hall–Kier alpha value is -4.08. The molecule has 2 aliphatic rings. The summed E-state index contributed by atoms with van der Waals surface area (Å²) < 4.78 is 1.76. The molecule has 5 rings (SSSR count). The first-order valence-electron chi connectivity index (χ1n) is 14.2. The molecule has 3 aromatic rings. The van der Waals surface area contributed by atoms with E-state index in [0.29, 0.717) is 12.4 Å². The zero-order valence-corrected chi connectivity index (χ0v) is 25.3. The quantitative estimate of drug-likeness (QED) is 0.205. The van der Waals surface area contributed by atoms with E-state index in [0.717, 1.165) is 62.8 Å². The van der Waals surface area contributed by atoms with Gasteiger partial charge in [-0.05, 0) is 49.6 Å². The Kier molecular flexibility index (Phi) is 8.99. The number of fused-ring (bicyclic) bond motifs is 1. The Bertz CT molecular complexity index is 1500. The maximum absolute atomic E-state index is 12.8. The van der Waals surface area contributed by atoms with E-state index < -0.39 is 0 Å². The second-order valence-electron chi connectivity index (χ2n) is 10.8. The lowest BCUT2D eigenvalue weighted by Crippen LogP contribution is -2.59. The van der Waals surface area contributed by atoms with E-state index in [4.69, 9.17) is 4.98 Å². The number of likely N-dealkylation sites (N-methyl/N-ethyl adjacent to an activating group) is 1. The van der Waals surface area contributed by atoms with Crippen LogP contribution >= 0.6 is 11.8 Å². The number of anilines is 2. The number of pyridine rings is 1. The van der Waals surface area contributed by atoms with Crippen molar-refractivity contribution in [2.75, 3.05) is 68.8 Å². The summed E-state index contributed by atoms with van der Waals surface area (Å²) >= 11 is 1.71. The summed E-state index contributed by atoms with van der Waals surface area (Å²) in [7, 11) is 0. The topological polar surface area (TPSA) is 108 Å². The van der Waals surface area contributed by atoms with Crippen LogP contribution in [0.25, 0.3) is 5.65 Å². The second-order valence-corrected chi connectivity index (χ2v) is 11.7. The standard InChI is InChI=1S/C30H38N10OS/c1-5-36-14-16-37(17-15-36)27(41)20-39(32-3)19-23(2)33-29-34-28-26(10-7-13-40(28)35-29)38-21-30(22-38,11-12-31)24-8-6-9-25(18-24)42-4/h6-10,13,18-19H,3,5,11,14-17,20-22H2,1-2,4H3,(H,33,35)/b23-19+. The Morgan fingerprint density at radius 3 is 2.74 bits per heavy atom. The molecular formula is C30H38N10OS. The van der Waals surface area contributed by atoms with Crippen molar-refractivity contribution in [1.29, 1.82) is 5.26 Å². The molecule has 2 aromatic heterocycles. The first-order chi connectivity index (χ1) is 20.4. The zero-order chi connectivity index (χ0) is 29.7. The third-order valence-electron chi connectivity index (χ3n) is 8.07. The molecule has 0 saturated carbocycles. The van der Waals surface area contributed by atoms with Gasteiger partial charge in [-0.25, -0.2) is 4.52 Å². The number of nitrogens with zero attached hydrogens (tertiary/aromatic N) is 9. The number of thioether (sulfide) groups is 1. The van der Waals surface area contributed by atoms with Crippen molar-refractivity contribution in [3.63, 3.8) is 0 Å². The molecule has 1 aromatic carbocycles. The first kappa shape index (κ1) is 29.4. The molecule has 1 amide bonds. The van der Waals surface area contributed by atoms with Gasteiger partial charge in [-0.15, -0.1) is 16.9 Å². The third-order valence-corrected chi connectivity index (χ3v) is 8.80. The highest BCUT2D eigenvalue weighted by Gasteiger charge is 2.45. The molecule has 0 spiro atoms. The fourth-order valence-corrected chi connectivity index (χ4v) is 6.13. The smallest absolute Gasteiger partial charge is 0.247 e. The maximum Gasteiger partial charge on any atom is 0.247 e. The summed E-state index contributed by atoms with van der Waals surface area (Å²) in [5.74, 6) is 0.471. The summed E-state index contributed by atoms with van der Waals surface area (Å²) in [4.78, 5) is 25.3. The minimum atomic E-state index is -0.212. The van der Waals surface area contributed by atoms with Crippen LogP contribution < -0.4 is 10.2 Å². The van der Waals surface area contributed by atoms with Crippen molar-refractivity contribution in [3.05, 3.63) is 60.1 Å². The van der Waals surface area contributed by atoms with Gasteiger partial charge in [0.25, 0.3) is 0 Å². The normalized spacial score (nSPS) is 17.0. The van der Waals surface area contributed by atoms with Gasteiger partial charge in [0.1, 0.15) is 6.54 Å². The molecule has 0 radical (unpaired) electrons. The number of nitriles is 1. The summed E-state index contributed by atoms with van der Waals surface area (Å²) in [5, 5.41) is 23.1. The summed E-state index contributed by atoms with van der Waals surface area (Å²) in [6.07, 6.45) is 6.14. The number of aromatic nitrogens is 3. The van der Waals surface area contributed by atoms with Crippen LogP contribution in [0.4, 0.5) is 11.6 Å². The number of hydrazone groups is 1. The van der Waals surface area contributed by atoms with Gasteiger partial charge in [0.2, 0.25) is 11.9 Å². The summed E-state index contributed by atoms with van der Waals surface area (Å²) in [6, 6.07) is 14.9. The Balaban J connectivity index is 1.26. The van der Waals surface area contributed by atoms with Gasteiger partial charge < -0.3 is 20.0 Å². The number of piperazine rings is 1. The van der Waals surface area contributed by atoms with E-state index in [1.165, 1.54) is 10.5 Å². The fraction of sp³-hybridized carbons (Fsp3) is 0.433. The van der Waals surface area contributed by atoms with Crippen molar-refractivity contribution in [2.45, 2.75) is 30.6 Å². The predicted octanol–water partition coefficient (Wildman–Crippen LogP) is 3.48. The number of rotatable bonds is 11. The number of benzene rings is 1. The molecule has 0 unspecified atom stereocenters. The van der Waals surface area contributed by atoms with Crippen LogP contribution in [0.2, 0.25) is 0 Å². The first-order valence-corrected chi connectivity index (χ1v) is 15.4. The molecule has 0 bridgehead atoms. The summed E-state index contributed by atoms with van der Waals surface area (Å²) in [6.45, 7) is 13.5. The lowest BCUT2D eigenvalue weighted by atomic mass is 9.71. The van der Waals surface area contributed by atoms with E-state index in [1.807, 2.05) is 30.2 Å². The maximum atomic E-state index is 12.8. The highest BCUT2D eigenvalue weighted by molar-refractivity contribution is 7.98. The average Bonchev–Trinajstić information content (AvgIpc) is 3.41. The van der Waals surface area contributed by atoms with Crippen LogP contribution in [0.1, 0.15) is 25.8 Å². The average molecular weight is 587 g/mol. The molecule has 4 heterocycles. The number of carbonyl (C=O) groups excluding carboxylic acids is 1. The van der Waals surface area contributed by atoms with Crippen LogP contribution in [0.3, 0.4) is 0 Å². The lowest BCUT2D eigenvalue weighted by Gasteiger charge is -2.50. The molecule has 0 aliphatic carbocycles. The summed E-state index contributed by atoms with van der Waals surface area (Å²) in [5.41, 5.74) is 3.42. The molecular weight excluding hydrogens is 548 g/mol. The molecule has 2 aliphatic heterocycles. The molecule has 220 valence electrons. The number of hydrogen-bond donors (Lipinski definition) is 1. The molecule has 0 atom stereocenters. The van der Waals surface area contributed by atoms with Crippen molar-refractivity contribution in [3.8, 4) is 6.07 Å². The largest absolute Gasteiger partial charge is 0.366 e. The van der Waals surface area contributed by atoms with Crippen molar-refractivity contribution < 1.29 is 4.79 Å². The van der Waals surface area contributed by atoms with Crippen LogP contribution in [-0.4, -0.2) is 101 Å². The highest BCUT2D eigenvalue weighted by Crippen LogP contribution is 2.42. The van der Waals surface area contributed by atoms with Crippen molar-refractivity contribution >= 4 is 41.7 Å². The van der Waals surface area contributed by atoms with E-state index in [9.17, 15) is 10.1 Å². The van der Waals surface area contributed by atoms with E-state index >= 15 is 0 Å². The minimum absolute atomic E-state index is 0.0277. The Morgan fingerprint density at radius 2 is 2.05 bits per heavy atom. The van der Waals surface area contributed by atoms with Crippen LogP contribution in [0.15, 0.2) is 64.5 Å². The number of amides is 1. The fourth-order valence-electron chi connectivity index (χ4n) is 5.67. The number of hydrogen-bond acceptors (Lipinski definition) is 10. The second kappa shape index (κ2) is 12.8. The van der Waals surface area contributed by atoms with Gasteiger partial charge in [-0.1, -0.05) is 19.1 Å². The van der Waals surface area contributed by atoms with Crippen LogP contribution in [0.5, 0.6) is 0 Å². The molecule has 1 N–H and O–H groups in total. The van der Waals surface area contributed by atoms with E-state index in [2.05, 4.69) is 75.5 Å². The SMILES string of the molecule is C=NN(/C=C(\C)Nc1nc2c(N3CC(CC#N)(c4cccc(SC)c4)C3)cccn2n1)CC(=O)N1CCN(CC)CC1. The van der Waals surface area contributed by atoms with Gasteiger partial charge in [0.15, 0.2) is 5.65 Å². The minimum Gasteiger partial charge on any atom is -0.366 e. The lowest BCUT2D eigenvalue weighted by molar-refractivity contribution is -0.133. The molecule has 11 nitrogen and oxygen atoms in total. The monoisotopic (exact) mass is 586 g/mol. The van der Waals surface area contributed by atoms with Gasteiger partial charge in [-0.2, -0.15) is 15.3 Å². The van der Waals surface area contributed by atoms with Gasteiger partial charge >= 0.3 is 0 Å². The number of carbonyl (C=O) groups is 1. The van der Waals surface area contributed by atoms with Crippen molar-refractivity contribution in [1.82, 2.24) is 29.4 Å². The Labute approximate surface area is 251 Å².